The van der Waals surface area contributed by atoms with Crippen molar-refractivity contribution in [3.63, 3.8) is 0 Å². The molecule has 21 heavy (non-hydrogen) atoms. The van der Waals surface area contributed by atoms with Crippen molar-refractivity contribution in [1.29, 1.82) is 0 Å². The number of ether oxygens (including phenoxy) is 2. The lowest BCUT2D eigenvalue weighted by molar-refractivity contribution is -0.131. The molecule has 118 valence electrons. The quantitative estimate of drug-likeness (QED) is 0.701. The van der Waals surface area contributed by atoms with E-state index in [9.17, 15) is 4.79 Å². The van der Waals surface area contributed by atoms with E-state index >= 15 is 0 Å². The second-order valence-corrected chi connectivity index (χ2v) is 5.05. The molecule has 0 heterocycles. The molecule has 0 saturated carbocycles. The average molecular weight is 293 g/mol. The van der Waals surface area contributed by atoms with Crippen LogP contribution in [0.5, 0.6) is 11.5 Å². The van der Waals surface area contributed by atoms with Crippen molar-refractivity contribution in [2.75, 3.05) is 27.3 Å². The number of aryl methyl sites for hydroxylation is 1. The zero-order valence-electron chi connectivity index (χ0n) is 13.6. The summed E-state index contributed by atoms with van der Waals surface area (Å²) in [6, 6.07) is 5.75. The van der Waals surface area contributed by atoms with E-state index in [0.29, 0.717) is 12.8 Å². The topological polar surface area (TPSA) is 38.8 Å². The van der Waals surface area contributed by atoms with Gasteiger partial charge in [-0.2, -0.15) is 0 Å². The first-order valence-electron chi connectivity index (χ1n) is 7.64. The van der Waals surface area contributed by atoms with Gasteiger partial charge in [0.15, 0.2) is 0 Å². The summed E-state index contributed by atoms with van der Waals surface area (Å²) in [6.45, 7) is 5.80. The molecule has 0 aliphatic carbocycles. The molecule has 1 aromatic rings. The highest BCUT2D eigenvalue weighted by Crippen LogP contribution is 2.23. The van der Waals surface area contributed by atoms with E-state index in [1.54, 1.807) is 14.2 Å². The lowest BCUT2D eigenvalue weighted by Crippen LogP contribution is -2.31. The van der Waals surface area contributed by atoms with E-state index in [1.165, 1.54) is 0 Å². The van der Waals surface area contributed by atoms with Crippen LogP contribution in [0.15, 0.2) is 18.2 Å². The van der Waals surface area contributed by atoms with Crippen molar-refractivity contribution in [3.05, 3.63) is 23.8 Å². The Kier molecular flexibility index (Phi) is 7.65. The van der Waals surface area contributed by atoms with Gasteiger partial charge < -0.3 is 14.4 Å². The smallest absolute Gasteiger partial charge is 0.222 e. The molecule has 0 unspecified atom stereocenters. The minimum absolute atomic E-state index is 0.215. The van der Waals surface area contributed by atoms with E-state index in [-0.39, 0.29) is 5.91 Å². The second kappa shape index (κ2) is 9.27. The Balaban J connectivity index is 2.62. The molecule has 0 spiro atoms. The summed E-state index contributed by atoms with van der Waals surface area (Å²) >= 11 is 0. The third kappa shape index (κ3) is 5.66. The summed E-state index contributed by atoms with van der Waals surface area (Å²) in [7, 11) is 3.26. The number of rotatable bonds is 9. The third-order valence-electron chi connectivity index (χ3n) is 3.55. The first kappa shape index (κ1) is 17.3. The predicted octanol–water partition coefficient (Wildman–Crippen LogP) is 3.29. The van der Waals surface area contributed by atoms with Crippen molar-refractivity contribution >= 4 is 5.91 Å². The van der Waals surface area contributed by atoms with Gasteiger partial charge in [-0.25, -0.2) is 0 Å². The van der Waals surface area contributed by atoms with Gasteiger partial charge in [0.1, 0.15) is 11.5 Å². The second-order valence-electron chi connectivity index (χ2n) is 5.05. The molecule has 4 heteroatoms. The molecule has 4 nitrogen and oxygen atoms in total. The van der Waals surface area contributed by atoms with Crippen molar-refractivity contribution < 1.29 is 14.3 Å². The summed E-state index contributed by atoms with van der Waals surface area (Å²) < 4.78 is 10.5. The molecule has 0 atom stereocenters. The molecule has 0 aliphatic heterocycles. The summed E-state index contributed by atoms with van der Waals surface area (Å²) in [5.41, 5.74) is 1.06. The minimum Gasteiger partial charge on any atom is -0.497 e. The first-order valence-corrected chi connectivity index (χ1v) is 7.64. The van der Waals surface area contributed by atoms with Crippen LogP contribution in [-0.2, 0) is 11.2 Å². The van der Waals surface area contributed by atoms with E-state index in [1.807, 2.05) is 30.0 Å². The van der Waals surface area contributed by atoms with Crippen LogP contribution >= 0.6 is 0 Å². The summed E-state index contributed by atoms with van der Waals surface area (Å²) in [4.78, 5) is 14.2. The fraction of sp³-hybridized carbons (Fsp3) is 0.588. The molecule has 0 radical (unpaired) electrons. The molecule has 1 aromatic carbocycles. The van der Waals surface area contributed by atoms with Crippen molar-refractivity contribution in [2.24, 2.45) is 0 Å². The number of amides is 1. The molecule has 1 amide bonds. The Morgan fingerprint density at radius 1 is 1.10 bits per heavy atom. The van der Waals surface area contributed by atoms with Gasteiger partial charge in [0, 0.05) is 25.6 Å². The minimum atomic E-state index is 0.215. The molecule has 0 saturated heterocycles. The standard InChI is InChI=1S/C17H27NO3/c1-5-7-10-18(6-2)17(19)9-8-14-11-15(20-3)13-16(12-14)21-4/h11-13H,5-10H2,1-4H3. The maximum absolute atomic E-state index is 12.2. The average Bonchev–Trinajstić information content (AvgIpc) is 2.53. The number of hydrogen-bond acceptors (Lipinski definition) is 3. The molecule has 0 N–H and O–H groups in total. The fourth-order valence-electron chi connectivity index (χ4n) is 2.23. The molecule has 0 bridgehead atoms. The Morgan fingerprint density at radius 3 is 2.19 bits per heavy atom. The SMILES string of the molecule is CCCCN(CC)C(=O)CCc1cc(OC)cc(OC)c1. The monoisotopic (exact) mass is 293 g/mol. The lowest BCUT2D eigenvalue weighted by Gasteiger charge is -2.20. The number of hydrogen-bond donors (Lipinski definition) is 0. The number of methoxy groups -OCH3 is 2. The van der Waals surface area contributed by atoms with Crippen LogP contribution in [0.2, 0.25) is 0 Å². The molecular formula is C17H27NO3. The third-order valence-corrected chi connectivity index (χ3v) is 3.55. The van der Waals surface area contributed by atoms with Crippen LogP contribution in [0.25, 0.3) is 0 Å². The van der Waals surface area contributed by atoms with Gasteiger partial charge in [0.2, 0.25) is 5.91 Å². The van der Waals surface area contributed by atoms with Crippen molar-refractivity contribution in [1.82, 2.24) is 4.90 Å². The Hall–Kier alpha value is -1.71. The van der Waals surface area contributed by atoms with Gasteiger partial charge in [-0.1, -0.05) is 13.3 Å². The predicted molar refractivity (Wildman–Crippen MR) is 85.0 cm³/mol. The van der Waals surface area contributed by atoms with Gasteiger partial charge in [0.25, 0.3) is 0 Å². The van der Waals surface area contributed by atoms with Crippen LogP contribution in [0.4, 0.5) is 0 Å². The highest BCUT2D eigenvalue weighted by molar-refractivity contribution is 5.76. The molecule has 0 aliphatic rings. The number of carbonyl (C=O) groups is 1. The highest BCUT2D eigenvalue weighted by atomic mass is 16.5. The van der Waals surface area contributed by atoms with Crippen LogP contribution < -0.4 is 9.47 Å². The van der Waals surface area contributed by atoms with E-state index in [0.717, 1.165) is 43.0 Å². The first-order chi connectivity index (χ1) is 10.1. The van der Waals surface area contributed by atoms with Crippen LogP contribution in [0.1, 0.15) is 38.7 Å². The normalized spacial score (nSPS) is 10.3. The van der Waals surface area contributed by atoms with Crippen LogP contribution in [-0.4, -0.2) is 38.1 Å². The van der Waals surface area contributed by atoms with Crippen molar-refractivity contribution in [3.8, 4) is 11.5 Å². The Morgan fingerprint density at radius 2 is 1.71 bits per heavy atom. The molecule has 0 fully saturated rings. The van der Waals surface area contributed by atoms with E-state index in [2.05, 4.69) is 6.92 Å². The molecule has 1 rings (SSSR count). The maximum atomic E-state index is 12.2. The highest BCUT2D eigenvalue weighted by Gasteiger charge is 2.11. The van der Waals surface area contributed by atoms with Crippen molar-refractivity contribution in [2.45, 2.75) is 39.5 Å². The number of benzene rings is 1. The Labute approximate surface area is 128 Å². The number of unbranched alkanes of at least 4 members (excludes halogenated alkanes) is 1. The van der Waals surface area contributed by atoms with Crippen LogP contribution in [0.3, 0.4) is 0 Å². The summed E-state index contributed by atoms with van der Waals surface area (Å²) in [5.74, 6) is 1.73. The lowest BCUT2D eigenvalue weighted by atomic mass is 10.1. The van der Waals surface area contributed by atoms with Gasteiger partial charge in [-0.05, 0) is 37.5 Å². The Bertz CT molecular complexity index is 423. The summed E-state index contributed by atoms with van der Waals surface area (Å²) in [6.07, 6.45) is 3.40. The zero-order chi connectivity index (χ0) is 15.7. The fourth-order valence-corrected chi connectivity index (χ4v) is 2.23. The summed E-state index contributed by atoms with van der Waals surface area (Å²) in [5, 5.41) is 0. The van der Waals surface area contributed by atoms with Crippen LogP contribution in [0, 0.1) is 0 Å². The van der Waals surface area contributed by atoms with Gasteiger partial charge in [0.05, 0.1) is 14.2 Å². The van der Waals surface area contributed by atoms with Gasteiger partial charge in [-0.3, -0.25) is 4.79 Å². The molecular weight excluding hydrogens is 266 g/mol. The molecule has 0 aromatic heterocycles. The number of carbonyl (C=O) groups excluding carboxylic acids is 1. The number of nitrogens with zero attached hydrogens (tertiary/aromatic N) is 1. The zero-order valence-corrected chi connectivity index (χ0v) is 13.6. The van der Waals surface area contributed by atoms with E-state index < -0.39 is 0 Å². The van der Waals surface area contributed by atoms with Gasteiger partial charge >= 0.3 is 0 Å². The van der Waals surface area contributed by atoms with Gasteiger partial charge in [-0.15, -0.1) is 0 Å². The van der Waals surface area contributed by atoms with E-state index in [4.69, 9.17) is 9.47 Å². The maximum Gasteiger partial charge on any atom is 0.222 e. The largest absolute Gasteiger partial charge is 0.497 e.